The first-order valence-electron chi connectivity index (χ1n) is 7.65. The van der Waals surface area contributed by atoms with Crippen molar-refractivity contribution in [3.05, 3.63) is 23.8 Å². The van der Waals surface area contributed by atoms with Crippen molar-refractivity contribution >= 4 is 21.6 Å². The highest BCUT2D eigenvalue weighted by atomic mass is 32.2. The molecular formula is C16H24N2O4S. The number of benzene rings is 1. The van der Waals surface area contributed by atoms with Gasteiger partial charge in [-0.05, 0) is 37.5 Å². The third-order valence-corrected chi connectivity index (χ3v) is 5.19. The Morgan fingerprint density at radius 3 is 2.57 bits per heavy atom. The maximum atomic E-state index is 12.4. The lowest BCUT2D eigenvalue weighted by Gasteiger charge is -2.34. The molecule has 1 aliphatic heterocycles. The van der Waals surface area contributed by atoms with Crippen LogP contribution in [0.5, 0.6) is 5.75 Å². The number of rotatable bonds is 4. The number of carbonyl (C=O) groups is 1. The summed E-state index contributed by atoms with van der Waals surface area (Å²) in [4.78, 5) is 12.4. The Bertz CT molecular complexity index is 700. The standard InChI is InChI=1S/C16H24N2O4S/c1-10(2)12(4)17-16(19)15-9-18(23(5,20)21)13-7-6-11(3)8-14(13)22-15/h6-8,10,12,15H,9H2,1-5H3,(H,17,19)/t12-,15+/m0/s1. The quantitative estimate of drug-likeness (QED) is 0.905. The van der Waals surface area contributed by atoms with Crippen LogP contribution in [-0.2, 0) is 14.8 Å². The number of nitrogens with one attached hydrogen (secondary N) is 1. The SMILES string of the molecule is Cc1ccc2c(c1)O[C@@H](C(=O)N[C@@H](C)C(C)C)CN2S(C)(=O)=O. The number of aryl methyl sites for hydroxylation is 1. The van der Waals surface area contributed by atoms with Crippen LogP contribution in [0.1, 0.15) is 26.3 Å². The summed E-state index contributed by atoms with van der Waals surface area (Å²) in [6.45, 7) is 7.80. The molecule has 1 heterocycles. The first-order chi connectivity index (χ1) is 10.6. The molecule has 1 aromatic rings. The van der Waals surface area contributed by atoms with E-state index < -0.39 is 16.1 Å². The molecule has 1 N–H and O–H groups in total. The lowest BCUT2D eigenvalue weighted by atomic mass is 10.1. The van der Waals surface area contributed by atoms with E-state index in [2.05, 4.69) is 5.32 Å². The molecule has 7 heteroatoms. The van der Waals surface area contributed by atoms with Crippen molar-refractivity contribution in [2.45, 2.75) is 39.8 Å². The highest BCUT2D eigenvalue weighted by Crippen LogP contribution is 2.35. The average Bonchev–Trinajstić information content (AvgIpc) is 2.44. The van der Waals surface area contributed by atoms with Crippen molar-refractivity contribution in [2.24, 2.45) is 5.92 Å². The summed E-state index contributed by atoms with van der Waals surface area (Å²) in [5.41, 5.74) is 1.41. The number of hydrogen-bond donors (Lipinski definition) is 1. The number of fused-ring (bicyclic) bond motifs is 1. The number of carbonyl (C=O) groups excluding carboxylic acids is 1. The van der Waals surface area contributed by atoms with E-state index in [1.807, 2.05) is 33.8 Å². The minimum absolute atomic E-state index is 0.0170. The second-order valence-corrected chi connectivity index (χ2v) is 8.32. The van der Waals surface area contributed by atoms with E-state index in [1.165, 1.54) is 4.31 Å². The number of ether oxygens (including phenoxy) is 1. The molecule has 0 radical (unpaired) electrons. The minimum Gasteiger partial charge on any atom is -0.476 e. The molecule has 128 valence electrons. The van der Waals surface area contributed by atoms with Crippen molar-refractivity contribution in [3.8, 4) is 5.75 Å². The fraction of sp³-hybridized carbons (Fsp3) is 0.562. The van der Waals surface area contributed by atoms with Gasteiger partial charge in [0.2, 0.25) is 10.0 Å². The van der Waals surface area contributed by atoms with E-state index in [0.29, 0.717) is 11.4 Å². The van der Waals surface area contributed by atoms with E-state index >= 15 is 0 Å². The van der Waals surface area contributed by atoms with Gasteiger partial charge in [-0.2, -0.15) is 0 Å². The summed E-state index contributed by atoms with van der Waals surface area (Å²) in [6, 6.07) is 5.26. The average molecular weight is 340 g/mol. The zero-order valence-electron chi connectivity index (χ0n) is 14.2. The zero-order valence-corrected chi connectivity index (χ0v) is 15.0. The normalized spacial score (nSPS) is 19.0. The van der Waals surface area contributed by atoms with Crippen LogP contribution in [0.2, 0.25) is 0 Å². The number of sulfonamides is 1. The van der Waals surface area contributed by atoms with Gasteiger partial charge < -0.3 is 10.1 Å². The third-order valence-electron chi connectivity index (χ3n) is 4.05. The summed E-state index contributed by atoms with van der Waals surface area (Å²) >= 11 is 0. The number of hydrogen-bond acceptors (Lipinski definition) is 4. The molecule has 1 aliphatic rings. The molecule has 0 unspecified atom stereocenters. The lowest BCUT2D eigenvalue weighted by molar-refractivity contribution is -0.128. The molecule has 0 bridgehead atoms. The maximum absolute atomic E-state index is 12.4. The molecule has 0 spiro atoms. The number of nitrogens with zero attached hydrogens (tertiary/aromatic N) is 1. The van der Waals surface area contributed by atoms with Crippen LogP contribution in [0.4, 0.5) is 5.69 Å². The molecule has 0 aliphatic carbocycles. The maximum Gasteiger partial charge on any atom is 0.263 e. The van der Waals surface area contributed by atoms with Gasteiger partial charge in [-0.1, -0.05) is 19.9 Å². The number of anilines is 1. The van der Waals surface area contributed by atoms with E-state index in [-0.39, 0.29) is 24.4 Å². The Balaban J connectivity index is 2.31. The molecule has 2 atom stereocenters. The second-order valence-electron chi connectivity index (χ2n) is 6.41. The van der Waals surface area contributed by atoms with Crippen LogP contribution in [0.25, 0.3) is 0 Å². The predicted molar refractivity (Wildman–Crippen MR) is 90.2 cm³/mol. The molecule has 6 nitrogen and oxygen atoms in total. The van der Waals surface area contributed by atoms with E-state index in [1.54, 1.807) is 12.1 Å². The van der Waals surface area contributed by atoms with E-state index in [4.69, 9.17) is 4.74 Å². The van der Waals surface area contributed by atoms with E-state index in [0.717, 1.165) is 11.8 Å². The fourth-order valence-electron chi connectivity index (χ4n) is 2.30. The van der Waals surface area contributed by atoms with Gasteiger partial charge in [-0.25, -0.2) is 8.42 Å². The smallest absolute Gasteiger partial charge is 0.263 e. The first-order valence-corrected chi connectivity index (χ1v) is 9.50. The largest absolute Gasteiger partial charge is 0.476 e. The molecule has 1 amide bonds. The summed E-state index contributed by atoms with van der Waals surface area (Å²) in [5, 5.41) is 2.88. The van der Waals surface area contributed by atoms with Gasteiger partial charge >= 0.3 is 0 Å². The third kappa shape index (κ3) is 3.96. The molecule has 1 aromatic carbocycles. The highest BCUT2D eigenvalue weighted by Gasteiger charge is 2.35. The van der Waals surface area contributed by atoms with Gasteiger partial charge in [0, 0.05) is 6.04 Å². The summed E-state index contributed by atoms with van der Waals surface area (Å²) in [5.74, 6) is 0.397. The predicted octanol–water partition coefficient (Wildman–Crippen LogP) is 1.68. The van der Waals surface area contributed by atoms with Gasteiger partial charge in [0.15, 0.2) is 6.10 Å². The Morgan fingerprint density at radius 2 is 2.00 bits per heavy atom. The number of amides is 1. The van der Waals surface area contributed by atoms with Crippen LogP contribution in [0, 0.1) is 12.8 Å². The van der Waals surface area contributed by atoms with Crippen molar-refractivity contribution < 1.29 is 17.9 Å². The van der Waals surface area contributed by atoms with Crippen molar-refractivity contribution in [1.29, 1.82) is 0 Å². The van der Waals surface area contributed by atoms with Crippen LogP contribution < -0.4 is 14.4 Å². The van der Waals surface area contributed by atoms with Crippen molar-refractivity contribution in [1.82, 2.24) is 5.32 Å². The Morgan fingerprint density at radius 1 is 1.35 bits per heavy atom. The molecule has 2 rings (SSSR count). The lowest BCUT2D eigenvalue weighted by Crippen LogP contribution is -2.52. The van der Waals surface area contributed by atoms with Gasteiger partial charge in [0.25, 0.3) is 5.91 Å². The van der Waals surface area contributed by atoms with Gasteiger partial charge in [-0.15, -0.1) is 0 Å². The van der Waals surface area contributed by atoms with E-state index in [9.17, 15) is 13.2 Å². The zero-order chi connectivity index (χ0) is 17.4. The molecule has 0 saturated carbocycles. The van der Waals surface area contributed by atoms with Crippen LogP contribution in [0.3, 0.4) is 0 Å². The monoisotopic (exact) mass is 340 g/mol. The van der Waals surface area contributed by atoms with Gasteiger partial charge in [0.05, 0.1) is 18.5 Å². The second kappa shape index (κ2) is 6.39. The van der Waals surface area contributed by atoms with Crippen LogP contribution >= 0.6 is 0 Å². The fourth-order valence-corrected chi connectivity index (χ4v) is 3.21. The van der Waals surface area contributed by atoms with Gasteiger partial charge in [0.1, 0.15) is 5.75 Å². The van der Waals surface area contributed by atoms with Crippen molar-refractivity contribution in [3.63, 3.8) is 0 Å². The van der Waals surface area contributed by atoms with Crippen LogP contribution in [0.15, 0.2) is 18.2 Å². The Kier molecular flexibility index (Phi) is 4.89. The van der Waals surface area contributed by atoms with Crippen LogP contribution in [-0.4, -0.2) is 39.3 Å². The summed E-state index contributed by atoms with van der Waals surface area (Å²) < 4.78 is 31.1. The molecule has 0 saturated heterocycles. The first kappa shape index (κ1) is 17.6. The molecule has 0 fully saturated rings. The Labute approximate surface area is 137 Å². The summed E-state index contributed by atoms with van der Waals surface area (Å²) in [6.07, 6.45) is 0.272. The summed E-state index contributed by atoms with van der Waals surface area (Å²) in [7, 11) is -3.49. The Hall–Kier alpha value is -1.76. The minimum atomic E-state index is -3.49. The van der Waals surface area contributed by atoms with Gasteiger partial charge in [-0.3, -0.25) is 9.10 Å². The molecule has 0 aromatic heterocycles. The highest BCUT2D eigenvalue weighted by molar-refractivity contribution is 7.92. The van der Waals surface area contributed by atoms with Crippen molar-refractivity contribution in [2.75, 3.05) is 17.1 Å². The molecule has 23 heavy (non-hydrogen) atoms. The molecular weight excluding hydrogens is 316 g/mol. The topological polar surface area (TPSA) is 75.7 Å².